The molecule has 5 rings (SSSR count). The van der Waals surface area contributed by atoms with Crippen molar-refractivity contribution in [1.29, 1.82) is 0 Å². The molecule has 1 aromatic heterocycles. The van der Waals surface area contributed by atoms with Crippen LogP contribution in [0.4, 0.5) is 10.5 Å². The highest BCUT2D eigenvalue weighted by molar-refractivity contribution is 6.30. The summed E-state index contributed by atoms with van der Waals surface area (Å²) in [6, 6.07) is 15.2. The predicted molar refractivity (Wildman–Crippen MR) is 116 cm³/mol. The van der Waals surface area contributed by atoms with Crippen molar-refractivity contribution in [2.45, 2.75) is 25.0 Å². The first kappa shape index (κ1) is 19.2. The molecule has 2 aromatic carbocycles. The fourth-order valence-electron chi connectivity index (χ4n) is 4.53. The topological polar surface area (TPSA) is 70.6 Å². The maximum atomic E-state index is 12.4. The number of nitrogens with one attached hydrogen (secondary N) is 1. The van der Waals surface area contributed by atoms with Gasteiger partial charge in [0, 0.05) is 36.4 Å². The molecule has 1 N–H and O–H groups in total. The number of para-hydroxylation sites is 2. The van der Waals surface area contributed by atoms with Crippen molar-refractivity contribution < 1.29 is 9.53 Å². The third kappa shape index (κ3) is 3.59. The van der Waals surface area contributed by atoms with Gasteiger partial charge in [-0.1, -0.05) is 23.7 Å². The number of H-pyrrole nitrogens is 1. The van der Waals surface area contributed by atoms with Gasteiger partial charge in [-0.2, -0.15) is 0 Å². The number of rotatable bonds is 4. The van der Waals surface area contributed by atoms with Gasteiger partial charge in [-0.15, -0.1) is 0 Å². The van der Waals surface area contributed by atoms with Crippen molar-refractivity contribution in [1.82, 2.24) is 14.5 Å². The molecule has 2 aliphatic heterocycles. The largest absolute Gasteiger partial charge is 0.443 e. The molecule has 7 nitrogen and oxygen atoms in total. The Morgan fingerprint density at radius 2 is 1.77 bits per heavy atom. The van der Waals surface area contributed by atoms with Crippen LogP contribution in [0.1, 0.15) is 18.9 Å². The van der Waals surface area contributed by atoms with E-state index in [0.717, 1.165) is 42.7 Å². The molecule has 1 amide bonds. The predicted octanol–water partition coefficient (Wildman–Crippen LogP) is 3.65. The molecule has 2 aliphatic rings. The Morgan fingerprint density at radius 1 is 1.03 bits per heavy atom. The second-order valence-electron chi connectivity index (χ2n) is 7.94. The van der Waals surface area contributed by atoms with Gasteiger partial charge in [0.15, 0.2) is 0 Å². The van der Waals surface area contributed by atoms with Crippen molar-refractivity contribution in [3.63, 3.8) is 0 Å². The van der Waals surface area contributed by atoms with Gasteiger partial charge in [0.05, 0.1) is 17.6 Å². The molecule has 2 saturated heterocycles. The zero-order chi connectivity index (χ0) is 20.7. The van der Waals surface area contributed by atoms with Crippen molar-refractivity contribution in [3.8, 4) is 0 Å². The molecule has 0 saturated carbocycles. The first-order valence-corrected chi connectivity index (χ1v) is 10.6. The van der Waals surface area contributed by atoms with E-state index in [0.29, 0.717) is 18.1 Å². The fourth-order valence-corrected chi connectivity index (χ4v) is 4.66. The Kier molecular flexibility index (Phi) is 5.00. The van der Waals surface area contributed by atoms with Gasteiger partial charge in [-0.3, -0.25) is 14.4 Å². The van der Waals surface area contributed by atoms with E-state index in [1.807, 2.05) is 41.0 Å². The molecule has 0 spiro atoms. The molecule has 156 valence electrons. The van der Waals surface area contributed by atoms with Crippen LogP contribution in [0.5, 0.6) is 0 Å². The second-order valence-corrected chi connectivity index (χ2v) is 8.38. The van der Waals surface area contributed by atoms with Crippen LogP contribution >= 0.6 is 11.6 Å². The van der Waals surface area contributed by atoms with E-state index in [-0.39, 0.29) is 23.9 Å². The number of halogens is 1. The highest BCUT2D eigenvalue weighted by Gasteiger charge is 2.34. The van der Waals surface area contributed by atoms with Gasteiger partial charge in [0.25, 0.3) is 0 Å². The zero-order valence-electron chi connectivity index (χ0n) is 16.5. The van der Waals surface area contributed by atoms with E-state index < -0.39 is 0 Å². The standard InChI is InChI=1S/C22H23ClN4O3/c23-15-5-7-16(8-6-15)26-14-18(30-22(26)29)13-25-11-9-17(10-12-25)27-20-4-2-1-3-19(20)24-21(27)28/h1-8,17-18H,9-14H2,(H,24,28). The summed E-state index contributed by atoms with van der Waals surface area (Å²) in [7, 11) is 0. The third-order valence-electron chi connectivity index (χ3n) is 6.02. The lowest BCUT2D eigenvalue weighted by Gasteiger charge is -2.33. The molecule has 1 unspecified atom stereocenters. The summed E-state index contributed by atoms with van der Waals surface area (Å²) in [6.45, 7) is 2.96. The molecule has 3 heterocycles. The van der Waals surface area contributed by atoms with Crippen LogP contribution in [-0.2, 0) is 4.74 Å². The van der Waals surface area contributed by atoms with Crippen molar-refractivity contribution in [2.75, 3.05) is 31.1 Å². The van der Waals surface area contributed by atoms with Gasteiger partial charge in [-0.25, -0.2) is 9.59 Å². The van der Waals surface area contributed by atoms with E-state index >= 15 is 0 Å². The fraction of sp³-hybridized carbons (Fsp3) is 0.364. The molecular weight excluding hydrogens is 404 g/mol. The van der Waals surface area contributed by atoms with Gasteiger partial charge >= 0.3 is 11.8 Å². The number of aromatic nitrogens is 2. The van der Waals surface area contributed by atoms with Crippen LogP contribution in [0.3, 0.4) is 0 Å². The molecular formula is C22H23ClN4O3. The minimum atomic E-state index is -0.317. The Bertz CT molecular complexity index is 1120. The number of cyclic esters (lactones) is 1. The molecule has 8 heteroatoms. The highest BCUT2D eigenvalue weighted by Crippen LogP contribution is 2.27. The monoisotopic (exact) mass is 426 g/mol. The number of anilines is 1. The molecule has 0 bridgehead atoms. The van der Waals surface area contributed by atoms with Crippen LogP contribution < -0.4 is 10.6 Å². The van der Waals surface area contributed by atoms with Crippen LogP contribution in [0.2, 0.25) is 5.02 Å². The van der Waals surface area contributed by atoms with Crippen molar-refractivity contribution in [3.05, 3.63) is 64.0 Å². The van der Waals surface area contributed by atoms with Crippen molar-refractivity contribution in [2.24, 2.45) is 0 Å². The van der Waals surface area contributed by atoms with E-state index in [2.05, 4.69) is 9.88 Å². The summed E-state index contributed by atoms with van der Waals surface area (Å²) in [5.41, 5.74) is 2.59. The van der Waals surface area contributed by atoms with E-state index in [1.165, 1.54) is 0 Å². The van der Waals surface area contributed by atoms with E-state index in [9.17, 15) is 9.59 Å². The summed E-state index contributed by atoms with van der Waals surface area (Å²) in [6.07, 6.45) is 1.30. The Hall–Kier alpha value is -2.77. The Balaban J connectivity index is 1.20. The van der Waals surface area contributed by atoms with Gasteiger partial charge in [0.1, 0.15) is 6.10 Å². The SMILES string of the molecule is O=C1OC(CN2CCC(n3c(=O)[nH]c4ccccc43)CC2)CN1c1ccc(Cl)cc1. The number of piperidine rings is 1. The van der Waals surface area contributed by atoms with Crippen molar-refractivity contribution >= 4 is 34.4 Å². The summed E-state index contributed by atoms with van der Waals surface area (Å²) >= 11 is 5.94. The van der Waals surface area contributed by atoms with E-state index in [1.54, 1.807) is 17.0 Å². The van der Waals surface area contributed by atoms with Crippen LogP contribution in [0.15, 0.2) is 53.3 Å². The third-order valence-corrected chi connectivity index (χ3v) is 6.27. The van der Waals surface area contributed by atoms with Crippen LogP contribution in [-0.4, -0.2) is 52.8 Å². The maximum Gasteiger partial charge on any atom is 0.414 e. The average Bonchev–Trinajstić information content (AvgIpc) is 3.28. The molecule has 0 aliphatic carbocycles. The first-order chi connectivity index (χ1) is 14.6. The average molecular weight is 427 g/mol. The summed E-state index contributed by atoms with van der Waals surface area (Å²) in [5, 5.41) is 0.639. The Labute approximate surface area is 178 Å². The number of hydrogen-bond acceptors (Lipinski definition) is 4. The first-order valence-electron chi connectivity index (χ1n) is 10.2. The molecule has 30 heavy (non-hydrogen) atoms. The number of ether oxygens (including phenoxy) is 1. The number of amides is 1. The van der Waals surface area contributed by atoms with Crippen LogP contribution in [0.25, 0.3) is 11.0 Å². The summed E-state index contributed by atoms with van der Waals surface area (Å²) < 4.78 is 7.48. The summed E-state index contributed by atoms with van der Waals surface area (Å²) in [4.78, 5) is 31.7. The lowest BCUT2D eigenvalue weighted by Crippen LogP contribution is -2.41. The number of hydrogen-bond donors (Lipinski definition) is 1. The minimum absolute atomic E-state index is 0.0435. The van der Waals surface area contributed by atoms with Gasteiger partial charge in [0.2, 0.25) is 0 Å². The number of fused-ring (bicyclic) bond motifs is 1. The molecule has 1 atom stereocenters. The Morgan fingerprint density at radius 3 is 2.53 bits per heavy atom. The minimum Gasteiger partial charge on any atom is -0.443 e. The highest BCUT2D eigenvalue weighted by atomic mass is 35.5. The van der Waals surface area contributed by atoms with Crippen LogP contribution in [0, 0.1) is 0 Å². The lowest BCUT2D eigenvalue weighted by molar-refractivity contribution is 0.0925. The number of aromatic amines is 1. The number of carbonyl (C=O) groups excluding carboxylic acids is 1. The molecule has 0 radical (unpaired) electrons. The maximum absolute atomic E-state index is 12.4. The summed E-state index contributed by atoms with van der Waals surface area (Å²) in [5.74, 6) is 0. The molecule has 3 aromatic rings. The number of benzene rings is 2. The number of carbonyl (C=O) groups is 1. The number of imidazole rings is 1. The normalized spacial score (nSPS) is 20.8. The second kappa shape index (κ2) is 7.81. The molecule has 2 fully saturated rings. The number of nitrogens with zero attached hydrogens (tertiary/aromatic N) is 3. The van der Waals surface area contributed by atoms with Gasteiger partial charge < -0.3 is 9.72 Å². The smallest absolute Gasteiger partial charge is 0.414 e. The number of likely N-dealkylation sites (tertiary alicyclic amines) is 1. The quantitative estimate of drug-likeness (QED) is 0.691. The lowest BCUT2D eigenvalue weighted by atomic mass is 10.0. The van der Waals surface area contributed by atoms with Gasteiger partial charge in [-0.05, 0) is 49.2 Å². The van der Waals surface area contributed by atoms with E-state index in [4.69, 9.17) is 16.3 Å². The zero-order valence-corrected chi connectivity index (χ0v) is 17.2.